The van der Waals surface area contributed by atoms with Gasteiger partial charge in [0.2, 0.25) is 0 Å². The van der Waals surface area contributed by atoms with E-state index in [1.807, 2.05) is 24.5 Å². The third kappa shape index (κ3) is 6.58. The van der Waals surface area contributed by atoms with Crippen molar-refractivity contribution in [2.24, 2.45) is 4.99 Å². The first-order valence-corrected chi connectivity index (χ1v) is 8.26. The maximum absolute atomic E-state index is 10.8. The molecule has 0 saturated heterocycles. The van der Waals surface area contributed by atoms with Gasteiger partial charge in [0, 0.05) is 38.2 Å². The van der Waals surface area contributed by atoms with E-state index in [9.17, 15) is 10.1 Å². The van der Waals surface area contributed by atoms with Gasteiger partial charge in [0.05, 0.1) is 11.5 Å². The van der Waals surface area contributed by atoms with Crippen molar-refractivity contribution in [3.63, 3.8) is 0 Å². The van der Waals surface area contributed by atoms with E-state index < -0.39 is 4.92 Å². The van der Waals surface area contributed by atoms with Gasteiger partial charge in [-0.05, 0) is 12.5 Å². The Bertz CT molecular complexity index is 733. The molecule has 0 fully saturated rings. The third-order valence-corrected chi connectivity index (χ3v) is 3.54. The highest BCUT2D eigenvalue weighted by Gasteiger charge is 2.06. The number of hydrogen-bond donors (Lipinski definition) is 2. The van der Waals surface area contributed by atoms with E-state index in [-0.39, 0.29) is 29.7 Å². The summed E-state index contributed by atoms with van der Waals surface area (Å²) in [5.74, 6) is 1.61. The Morgan fingerprint density at radius 2 is 2.15 bits per heavy atom. The minimum atomic E-state index is -0.402. The number of nitro benzene ring substituents is 1. The molecule has 2 rings (SSSR count). The molecule has 1 aromatic heterocycles. The Kier molecular flexibility index (Phi) is 9.55. The lowest BCUT2D eigenvalue weighted by Crippen LogP contribution is -2.38. The highest BCUT2D eigenvalue weighted by molar-refractivity contribution is 14.0. The van der Waals surface area contributed by atoms with E-state index in [1.54, 1.807) is 12.4 Å². The van der Waals surface area contributed by atoms with Crippen LogP contribution in [0.15, 0.2) is 35.6 Å². The number of non-ortho nitro benzene ring substituents is 1. The predicted octanol–water partition coefficient (Wildman–Crippen LogP) is 2.12. The van der Waals surface area contributed by atoms with Gasteiger partial charge in [-0.2, -0.15) is 0 Å². The number of aliphatic imine (C=N–C) groups is 1. The number of nitrogens with zero attached hydrogens (tertiary/aromatic N) is 5. The van der Waals surface area contributed by atoms with Crippen LogP contribution in [0.4, 0.5) is 5.69 Å². The van der Waals surface area contributed by atoms with Crippen LogP contribution in [0.1, 0.15) is 25.2 Å². The molecule has 0 aliphatic carbocycles. The Labute approximate surface area is 169 Å². The van der Waals surface area contributed by atoms with Crippen molar-refractivity contribution in [2.45, 2.75) is 33.4 Å². The highest BCUT2D eigenvalue weighted by Crippen LogP contribution is 2.13. The van der Waals surface area contributed by atoms with E-state index in [1.165, 1.54) is 12.1 Å². The van der Waals surface area contributed by atoms with Gasteiger partial charge in [-0.3, -0.25) is 10.1 Å². The smallest absolute Gasteiger partial charge is 0.269 e. The van der Waals surface area contributed by atoms with Crippen LogP contribution < -0.4 is 10.6 Å². The minimum absolute atomic E-state index is 0. The lowest BCUT2D eigenvalue weighted by atomic mass is 10.2. The summed E-state index contributed by atoms with van der Waals surface area (Å²) in [5, 5.41) is 25.2. The standard InChI is InChI=1S/C16H23N7O2.HI/c1-3-15-21-20-12-22(15)9-8-18-16(17-4-2)19-11-13-6-5-7-14(10-13)23(24)25;/h5-7,10,12H,3-4,8-9,11H2,1-2H3,(H2,17,18,19);1H. The molecule has 10 heteroatoms. The molecule has 9 nitrogen and oxygen atoms in total. The summed E-state index contributed by atoms with van der Waals surface area (Å²) >= 11 is 0. The third-order valence-electron chi connectivity index (χ3n) is 3.54. The number of halogens is 1. The number of nitro groups is 1. The van der Waals surface area contributed by atoms with Crippen LogP contribution >= 0.6 is 24.0 Å². The van der Waals surface area contributed by atoms with Gasteiger partial charge in [0.1, 0.15) is 12.2 Å². The first-order chi connectivity index (χ1) is 12.1. The largest absolute Gasteiger partial charge is 0.357 e. The van der Waals surface area contributed by atoms with Gasteiger partial charge >= 0.3 is 0 Å². The number of nitrogens with one attached hydrogen (secondary N) is 2. The molecule has 0 aliphatic heterocycles. The predicted molar refractivity (Wildman–Crippen MR) is 111 cm³/mol. The summed E-state index contributed by atoms with van der Waals surface area (Å²) in [4.78, 5) is 14.9. The van der Waals surface area contributed by atoms with E-state index >= 15 is 0 Å². The zero-order valence-electron chi connectivity index (χ0n) is 14.9. The molecular formula is C16H24IN7O2. The van der Waals surface area contributed by atoms with E-state index in [0.717, 1.165) is 30.9 Å². The van der Waals surface area contributed by atoms with Crippen LogP contribution in [0.2, 0.25) is 0 Å². The first-order valence-electron chi connectivity index (χ1n) is 8.26. The van der Waals surface area contributed by atoms with E-state index in [4.69, 9.17) is 0 Å². The minimum Gasteiger partial charge on any atom is -0.357 e. The fourth-order valence-electron chi connectivity index (χ4n) is 2.31. The van der Waals surface area contributed by atoms with Crippen LogP contribution in [0.25, 0.3) is 0 Å². The van der Waals surface area contributed by atoms with Crippen LogP contribution in [-0.4, -0.2) is 38.7 Å². The Hall–Kier alpha value is -2.24. The summed E-state index contributed by atoms with van der Waals surface area (Å²) in [6.45, 7) is 6.53. The maximum Gasteiger partial charge on any atom is 0.269 e. The second-order valence-corrected chi connectivity index (χ2v) is 5.34. The van der Waals surface area contributed by atoms with Crippen molar-refractivity contribution in [1.29, 1.82) is 0 Å². The lowest BCUT2D eigenvalue weighted by Gasteiger charge is -2.12. The number of rotatable bonds is 8. The zero-order valence-corrected chi connectivity index (χ0v) is 17.2. The fourth-order valence-corrected chi connectivity index (χ4v) is 2.31. The Morgan fingerprint density at radius 3 is 2.85 bits per heavy atom. The number of benzene rings is 1. The van der Waals surface area contributed by atoms with Gasteiger partial charge in [-0.1, -0.05) is 19.1 Å². The van der Waals surface area contributed by atoms with Crippen molar-refractivity contribution in [2.75, 3.05) is 13.1 Å². The second kappa shape index (κ2) is 11.4. The summed E-state index contributed by atoms with van der Waals surface area (Å²) in [5.41, 5.74) is 0.865. The number of hydrogen-bond acceptors (Lipinski definition) is 5. The molecule has 0 bridgehead atoms. The summed E-state index contributed by atoms with van der Waals surface area (Å²) in [6.07, 6.45) is 2.55. The summed E-state index contributed by atoms with van der Waals surface area (Å²) in [6, 6.07) is 6.51. The van der Waals surface area contributed by atoms with Crippen molar-refractivity contribution < 1.29 is 4.92 Å². The van der Waals surface area contributed by atoms with Gasteiger partial charge in [-0.25, -0.2) is 4.99 Å². The van der Waals surface area contributed by atoms with Crippen LogP contribution in [0.3, 0.4) is 0 Å². The average Bonchev–Trinajstić information content (AvgIpc) is 3.07. The normalized spacial score (nSPS) is 10.9. The molecule has 0 spiro atoms. The van der Waals surface area contributed by atoms with Gasteiger partial charge in [0.25, 0.3) is 5.69 Å². The van der Waals surface area contributed by atoms with Crippen molar-refractivity contribution in [3.05, 3.63) is 52.1 Å². The summed E-state index contributed by atoms with van der Waals surface area (Å²) in [7, 11) is 0. The first kappa shape index (κ1) is 21.8. The molecule has 2 aromatic rings. The molecule has 1 aromatic carbocycles. The van der Waals surface area contributed by atoms with Crippen molar-refractivity contribution in [3.8, 4) is 0 Å². The molecule has 1 heterocycles. The van der Waals surface area contributed by atoms with Crippen LogP contribution in [-0.2, 0) is 19.5 Å². The van der Waals surface area contributed by atoms with E-state index in [2.05, 4.69) is 25.8 Å². The Balaban J connectivity index is 0.00000338. The molecule has 2 N–H and O–H groups in total. The topological polar surface area (TPSA) is 110 Å². The molecule has 0 amide bonds. The molecule has 0 atom stereocenters. The number of guanidine groups is 1. The molecule has 142 valence electrons. The molecule has 0 unspecified atom stereocenters. The summed E-state index contributed by atoms with van der Waals surface area (Å²) < 4.78 is 2.00. The zero-order chi connectivity index (χ0) is 18.1. The molecule has 0 radical (unpaired) electrons. The van der Waals surface area contributed by atoms with Gasteiger partial charge < -0.3 is 15.2 Å². The average molecular weight is 473 g/mol. The quantitative estimate of drug-likeness (QED) is 0.200. The van der Waals surface area contributed by atoms with Gasteiger partial charge in [-0.15, -0.1) is 34.2 Å². The van der Waals surface area contributed by atoms with Crippen LogP contribution in [0, 0.1) is 10.1 Å². The Morgan fingerprint density at radius 1 is 1.35 bits per heavy atom. The molecule has 26 heavy (non-hydrogen) atoms. The van der Waals surface area contributed by atoms with Crippen molar-refractivity contribution in [1.82, 2.24) is 25.4 Å². The number of aryl methyl sites for hydroxylation is 1. The fraction of sp³-hybridized carbons (Fsp3) is 0.438. The SMILES string of the molecule is CCNC(=NCc1cccc([N+](=O)[O-])c1)NCCn1cnnc1CC.I. The van der Waals surface area contributed by atoms with Crippen LogP contribution in [0.5, 0.6) is 0 Å². The monoisotopic (exact) mass is 473 g/mol. The van der Waals surface area contributed by atoms with Crippen molar-refractivity contribution >= 4 is 35.6 Å². The molecule has 0 saturated carbocycles. The molecule has 0 aliphatic rings. The van der Waals surface area contributed by atoms with E-state index in [0.29, 0.717) is 19.0 Å². The second-order valence-electron chi connectivity index (χ2n) is 5.34. The highest BCUT2D eigenvalue weighted by atomic mass is 127. The number of aromatic nitrogens is 3. The van der Waals surface area contributed by atoms with Gasteiger partial charge in [0.15, 0.2) is 5.96 Å². The molecular weight excluding hydrogens is 449 g/mol. The lowest BCUT2D eigenvalue weighted by molar-refractivity contribution is -0.384. The maximum atomic E-state index is 10.8.